The first kappa shape index (κ1) is 17.2. The number of fused-ring (bicyclic) bond motifs is 1. The maximum absolute atomic E-state index is 12.8. The minimum Gasteiger partial charge on any atom is -0.378 e. The second-order valence-electron chi connectivity index (χ2n) is 6.42. The summed E-state index contributed by atoms with van der Waals surface area (Å²) < 4.78 is 5.29. The number of pyridine rings is 1. The molecule has 2 aliphatic heterocycles. The van der Waals surface area contributed by atoms with Crippen LogP contribution in [0, 0.1) is 6.92 Å². The predicted molar refractivity (Wildman–Crippen MR) is 101 cm³/mol. The van der Waals surface area contributed by atoms with Gasteiger partial charge in [0.2, 0.25) is 5.91 Å². The van der Waals surface area contributed by atoms with Gasteiger partial charge in [-0.15, -0.1) is 0 Å². The number of carbonyl (C=O) groups excluding carboxylic acids is 2. The molecular formula is C20H20N4O3. The first-order valence-electron chi connectivity index (χ1n) is 8.86. The van der Waals surface area contributed by atoms with Crippen molar-refractivity contribution in [1.29, 1.82) is 0 Å². The molecule has 0 aliphatic carbocycles. The van der Waals surface area contributed by atoms with Crippen molar-refractivity contribution in [2.75, 3.05) is 31.2 Å². The van der Waals surface area contributed by atoms with Gasteiger partial charge in [-0.2, -0.15) is 0 Å². The molecule has 0 saturated carbocycles. The van der Waals surface area contributed by atoms with E-state index in [-0.39, 0.29) is 11.9 Å². The Bertz CT molecular complexity index is 905. The fourth-order valence-corrected chi connectivity index (χ4v) is 3.19. The number of morpholine rings is 1. The van der Waals surface area contributed by atoms with Crippen LogP contribution in [0.15, 0.2) is 48.5 Å². The van der Waals surface area contributed by atoms with Crippen molar-refractivity contribution in [3.8, 4) is 0 Å². The highest BCUT2D eigenvalue weighted by atomic mass is 16.5. The number of amides is 3. The van der Waals surface area contributed by atoms with Gasteiger partial charge in [-0.1, -0.05) is 18.2 Å². The van der Waals surface area contributed by atoms with Crippen molar-refractivity contribution in [1.82, 2.24) is 15.2 Å². The van der Waals surface area contributed by atoms with E-state index in [2.05, 4.69) is 10.3 Å². The first-order chi connectivity index (χ1) is 13.1. The van der Waals surface area contributed by atoms with Gasteiger partial charge in [0.05, 0.1) is 24.6 Å². The van der Waals surface area contributed by atoms with Gasteiger partial charge in [0.1, 0.15) is 0 Å². The summed E-state index contributed by atoms with van der Waals surface area (Å²) in [6.45, 7) is 4.02. The summed E-state index contributed by atoms with van der Waals surface area (Å²) in [7, 11) is 0. The number of para-hydroxylation sites is 1. The van der Waals surface area contributed by atoms with Crippen LogP contribution in [0.2, 0.25) is 0 Å². The van der Waals surface area contributed by atoms with Crippen LogP contribution < -0.4 is 10.2 Å². The molecule has 2 aliphatic rings. The van der Waals surface area contributed by atoms with Crippen molar-refractivity contribution in [3.05, 3.63) is 59.8 Å². The second-order valence-corrected chi connectivity index (χ2v) is 6.42. The zero-order valence-electron chi connectivity index (χ0n) is 15.0. The fourth-order valence-electron chi connectivity index (χ4n) is 3.19. The largest absolute Gasteiger partial charge is 0.378 e. The van der Waals surface area contributed by atoms with E-state index in [4.69, 9.17) is 4.74 Å². The molecule has 1 N–H and O–H groups in total. The Balaban J connectivity index is 1.74. The van der Waals surface area contributed by atoms with Crippen molar-refractivity contribution in [2.24, 2.45) is 0 Å². The lowest BCUT2D eigenvalue weighted by Gasteiger charge is -2.31. The van der Waals surface area contributed by atoms with Crippen molar-refractivity contribution in [2.45, 2.75) is 6.92 Å². The molecule has 2 aromatic rings. The molecule has 0 radical (unpaired) electrons. The third-order valence-electron chi connectivity index (χ3n) is 4.57. The fraction of sp³-hybridized carbons (Fsp3) is 0.250. The molecule has 1 fully saturated rings. The van der Waals surface area contributed by atoms with Crippen LogP contribution in [0.3, 0.4) is 0 Å². The van der Waals surface area contributed by atoms with Gasteiger partial charge in [-0.25, -0.2) is 14.7 Å². The molecule has 7 nitrogen and oxygen atoms in total. The Morgan fingerprint density at radius 1 is 1.15 bits per heavy atom. The smallest absolute Gasteiger partial charge is 0.332 e. The Hall–Kier alpha value is -3.19. The average molecular weight is 364 g/mol. The minimum atomic E-state index is -0.340. The van der Waals surface area contributed by atoms with Crippen molar-refractivity contribution >= 4 is 29.1 Å². The van der Waals surface area contributed by atoms with Crippen LogP contribution >= 0.6 is 0 Å². The first-order valence-corrected chi connectivity index (χ1v) is 8.86. The third kappa shape index (κ3) is 3.41. The molecular weight excluding hydrogens is 344 g/mol. The van der Waals surface area contributed by atoms with E-state index >= 15 is 0 Å². The Morgan fingerprint density at radius 3 is 2.63 bits per heavy atom. The number of rotatable bonds is 2. The summed E-state index contributed by atoms with van der Waals surface area (Å²) in [4.78, 5) is 33.2. The molecule has 1 saturated heterocycles. The summed E-state index contributed by atoms with van der Waals surface area (Å²) >= 11 is 0. The molecule has 0 unspecified atom stereocenters. The maximum Gasteiger partial charge on any atom is 0.332 e. The number of aryl methyl sites for hydroxylation is 1. The third-order valence-corrected chi connectivity index (χ3v) is 4.57. The van der Waals surface area contributed by atoms with Gasteiger partial charge >= 0.3 is 6.03 Å². The van der Waals surface area contributed by atoms with Crippen LogP contribution in [0.1, 0.15) is 11.3 Å². The summed E-state index contributed by atoms with van der Waals surface area (Å²) in [6, 6.07) is 12.7. The molecule has 0 bridgehead atoms. The summed E-state index contributed by atoms with van der Waals surface area (Å²) in [5.74, 6) is 0.374. The number of nitrogens with zero attached hydrogens (tertiary/aromatic N) is 3. The SMILES string of the molecule is Cc1ccc2c(n1)N(c1ccccc1)C(=O)N/C2=C\C(=O)N1CCOCC1. The van der Waals surface area contributed by atoms with E-state index in [9.17, 15) is 9.59 Å². The Kier molecular flexibility index (Phi) is 4.60. The number of hydrogen-bond acceptors (Lipinski definition) is 4. The van der Waals surface area contributed by atoms with E-state index in [0.29, 0.717) is 49.1 Å². The van der Waals surface area contributed by atoms with Crippen LogP contribution in [0.4, 0.5) is 16.3 Å². The lowest BCUT2D eigenvalue weighted by molar-refractivity contribution is -0.129. The molecule has 1 aromatic heterocycles. The predicted octanol–water partition coefficient (Wildman–Crippen LogP) is 2.45. The lowest BCUT2D eigenvalue weighted by Crippen LogP contribution is -2.43. The molecule has 0 atom stereocenters. The number of hydrogen-bond donors (Lipinski definition) is 1. The van der Waals surface area contributed by atoms with Gasteiger partial charge in [0.15, 0.2) is 5.82 Å². The zero-order valence-corrected chi connectivity index (χ0v) is 15.0. The molecule has 3 heterocycles. The number of nitrogens with one attached hydrogen (secondary N) is 1. The van der Waals surface area contributed by atoms with Crippen LogP contribution in [-0.4, -0.2) is 48.1 Å². The molecule has 27 heavy (non-hydrogen) atoms. The van der Waals surface area contributed by atoms with E-state index in [0.717, 1.165) is 5.69 Å². The molecule has 138 valence electrons. The Morgan fingerprint density at radius 2 is 1.89 bits per heavy atom. The number of carbonyl (C=O) groups is 2. The molecule has 7 heteroatoms. The Labute approximate surface area is 157 Å². The van der Waals surface area contributed by atoms with E-state index in [1.165, 1.54) is 11.0 Å². The van der Waals surface area contributed by atoms with Crippen LogP contribution in [0.25, 0.3) is 5.70 Å². The molecule has 0 spiro atoms. The van der Waals surface area contributed by atoms with Crippen LogP contribution in [0.5, 0.6) is 0 Å². The van der Waals surface area contributed by atoms with Gasteiger partial charge in [0.25, 0.3) is 0 Å². The number of anilines is 2. The maximum atomic E-state index is 12.8. The number of ether oxygens (including phenoxy) is 1. The summed E-state index contributed by atoms with van der Waals surface area (Å²) in [5.41, 5.74) is 2.69. The minimum absolute atomic E-state index is 0.145. The second kappa shape index (κ2) is 7.20. The van der Waals surface area contributed by atoms with E-state index in [1.54, 1.807) is 4.90 Å². The molecule has 4 rings (SSSR count). The summed E-state index contributed by atoms with van der Waals surface area (Å²) in [5, 5.41) is 2.84. The van der Waals surface area contributed by atoms with Gasteiger partial charge in [-0.3, -0.25) is 4.79 Å². The lowest BCUT2D eigenvalue weighted by atomic mass is 10.1. The van der Waals surface area contributed by atoms with Gasteiger partial charge in [-0.05, 0) is 31.2 Å². The highest BCUT2D eigenvalue weighted by Crippen LogP contribution is 2.34. The normalized spacial score (nSPS) is 18.3. The highest BCUT2D eigenvalue weighted by Gasteiger charge is 2.30. The van der Waals surface area contributed by atoms with E-state index < -0.39 is 0 Å². The standard InChI is InChI=1S/C20H20N4O3/c1-14-7-8-16-17(13-18(25)23-9-11-27-12-10-23)22-20(26)24(19(16)21-14)15-5-3-2-4-6-15/h2-8,13H,9-12H2,1H3,(H,22,26)/b17-13-. The highest BCUT2D eigenvalue weighted by molar-refractivity contribution is 6.11. The monoisotopic (exact) mass is 364 g/mol. The number of aromatic nitrogens is 1. The zero-order chi connectivity index (χ0) is 18.8. The quantitative estimate of drug-likeness (QED) is 0.831. The average Bonchev–Trinajstić information content (AvgIpc) is 2.69. The topological polar surface area (TPSA) is 74.8 Å². The molecule has 3 amide bonds. The van der Waals surface area contributed by atoms with E-state index in [1.807, 2.05) is 49.4 Å². The van der Waals surface area contributed by atoms with Crippen molar-refractivity contribution in [3.63, 3.8) is 0 Å². The van der Waals surface area contributed by atoms with Gasteiger partial charge < -0.3 is 15.0 Å². The summed E-state index contributed by atoms with van der Waals surface area (Å²) in [6.07, 6.45) is 1.47. The van der Waals surface area contributed by atoms with Gasteiger partial charge in [0, 0.05) is 30.4 Å². The van der Waals surface area contributed by atoms with Crippen molar-refractivity contribution < 1.29 is 14.3 Å². The molecule has 1 aromatic carbocycles. The number of urea groups is 1. The number of benzene rings is 1. The van der Waals surface area contributed by atoms with Crippen LogP contribution in [-0.2, 0) is 9.53 Å².